The van der Waals surface area contributed by atoms with E-state index in [-0.39, 0.29) is 20.8 Å². The predicted molar refractivity (Wildman–Crippen MR) is 127 cm³/mol. The zero-order valence-electron chi connectivity index (χ0n) is 15.6. The number of rotatable bonds is 4. The summed E-state index contributed by atoms with van der Waals surface area (Å²) in [6.07, 6.45) is 2.87. The van der Waals surface area contributed by atoms with Crippen LogP contribution in [0.15, 0.2) is 35.7 Å². The van der Waals surface area contributed by atoms with Gasteiger partial charge < -0.3 is 0 Å². The molecule has 0 aromatic carbocycles. The van der Waals surface area contributed by atoms with Gasteiger partial charge in [-0.15, -0.1) is 45.3 Å². The fourth-order valence-electron chi connectivity index (χ4n) is 2.75. The Bertz CT molecular complexity index is 1450. The number of nitriles is 2. The van der Waals surface area contributed by atoms with Crippen LogP contribution in [0.1, 0.15) is 9.75 Å². The highest BCUT2D eigenvalue weighted by Crippen LogP contribution is 2.49. The first-order valence-corrected chi connectivity index (χ1v) is 11.8. The molecule has 0 radical (unpaired) electrons. The molecular formula is C22H6F2N4S4. The number of thiophene rings is 4. The summed E-state index contributed by atoms with van der Waals surface area (Å²) < 4.78 is 30.8. The second-order valence-corrected chi connectivity index (χ2v) is 10.3. The van der Waals surface area contributed by atoms with Crippen LogP contribution in [-0.4, -0.2) is 0 Å². The first-order valence-electron chi connectivity index (χ1n) is 8.58. The first kappa shape index (κ1) is 21.6. The molecule has 0 unspecified atom stereocenters. The maximum Gasteiger partial charge on any atom is 0.520 e. The Labute approximate surface area is 197 Å². The number of allylic oxidation sites excluding steroid dienone is 1. The van der Waals surface area contributed by atoms with E-state index in [1.54, 1.807) is 36.4 Å². The van der Waals surface area contributed by atoms with E-state index in [1.807, 2.05) is 0 Å². The van der Waals surface area contributed by atoms with E-state index in [9.17, 15) is 0 Å². The second kappa shape index (κ2) is 8.85. The summed E-state index contributed by atoms with van der Waals surface area (Å²) >= 11 is 4.49. The van der Waals surface area contributed by atoms with Crippen molar-refractivity contribution in [3.8, 4) is 31.6 Å². The second-order valence-electron chi connectivity index (χ2n) is 6.06. The van der Waals surface area contributed by atoms with E-state index >= 15 is 8.78 Å². The molecule has 4 aromatic rings. The first-order chi connectivity index (χ1) is 15.5. The predicted octanol–water partition coefficient (Wildman–Crippen LogP) is 8.27. The molecule has 0 aliphatic heterocycles. The Kier molecular flexibility index (Phi) is 5.97. The van der Waals surface area contributed by atoms with Gasteiger partial charge in [-0.05, 0) is 30.3 Å². The van der Waals surface area contributed by atoms with Crippen molar-refractivity contribution in [1.82, 2.24) is 0 Å². The van der Waals surface area contributed by atoms with Crippen molar-refractivity contribution >= 4 is 66.9 Å². The Morgan fingerprint density at radius 3 is 1.69 bits per heavy atom. The van der Waals surface area contributed by atoms with Crippen LogP contribution in [0.5, 0.6) is 0 Å². The maximum absolute atomic E-state index is 15.2. The monoisotopic (exact) mass is 492 g/mol. The summed E-state index contributed by atoms with van der Waals surface area (Å²) in [4.78, 5) is 9.32. The Morgan fingerprint density at radius 1 is 0.781 bits per heavy atom. The van der Waals surface area contributed by atoms with Crippen LogP contribution in [0, 0.1) is 47.4 Å². The third-order valence-corrected chi connectivity index (χ3v) is 9.01. The third-order valence-electron chi connectivity index (χ3n) is 4.14. The average molecular weight is 493 g/mol. The van der Waals surface area contributed by atoms with Gasteiger partial charge in [0.25, 0.3) is 0 Å². The Morgan fingerprint density at radius 2 is 1.25 bits per heavy atom. The quantitative estimate of drug-likeness (QED) is 0.213. The van der Waals surface area contributed by atoms with Gasteiger partial charge in [-0.3, -0.25) is 0 Å². The van der Waals surface area contributed by atoms with Gasteiger partial charge in [0.2, 0.25) is 0 Å². The molecule has 0 aliphatic rings. The highest BCUT2D eigenvalue weighted by atomic mass is 32.1. The lowest BCUT2D eigenvalue weighted by atomic mass is 10.3. The minimum atomic E-state index is -0.502. The van der Waals surface area contributed by atoms with E-state index in [1.165, 1.54) is 34.8 Å². The van der Waals surface area contributed by atoms with Crippen LogP contribution >= 0.6 is 45.3 Å². The van der Waals surface area contributed by atoms with Crippen LogP contribution in [0.25, 0.3) is 50.8 Å². The molecule has 0 atom stereocenters. The van der Waals surface area contributed by atoms with Crippen molar-refractivity contribution in [2.75, 3.05) is 0 Å². The molecule has 0 aliphatic carbocycles. The standard InChI is InChI=1S/C22H6F2N4S4/c1-27-16(28-2)8-13-4-6-15(30-13)20-18(24)22-21(32-20)17(23)19(31-22)14-5-3-12(29-14)7-11(9-25)10-26/h3-8H. The minimum Gasteiger partial charge on any atom is -0.204 e. The highest BCUT2D eigenvalue weighted by Gasteiger charge is 2.24. The zero-order chi connectivity index (χ0) is 22.8. The maximum atomic E-state index is 15.2. The van der Waals surface area contributed by atoms with Gasteiger partial charge in [-0.2, -0.15) is 20.2 Å². The van der Waals surface area contributed by atoms with Crippen LogP contribution in [0.4, 0.5) is 8.78 Å². The number of hydrogen-bond acceptors (Lipinski definition) is 6. The van der Waals surface area contributed by atoms with E-state index in [0.29, 0.717) is 29.3 Å². The number of halogens is 2. The van der Waals surface area contributed by atoms with Crippen molar-refractivity contribution in [2.24, 2.45) is 0 Å². The van der Waals surface area contributed by atoms with Crippen molar-refractivity contribution in [2.45, 2.75) is 0 Å². The van der Waals surface area contributed by atoms with Gasteiger partial charge in [0.1, 0.15) is 30.9 Å². The molecule has 152 valence electrons. The molecule has 0 saturated heterocycles. The van der Waals surface area contributed by atoms with Crippen LogP contribution < -0.4 is 0 Å². The van der Waals surface area contributed by atoms with Crippen molar-refractivity contribution < 1.29 is 8.78 Å². The summed E-state index contributed by atoms with van der Waals surface area (Å²) in [5.41, 5.74) is -0.0493. The van der Waals surface area contributed by atoms with Gasteiger partial charge in [0, 0.05) is 25.6 Å². The van der Waals surface area contributed by atoms with Gasteiger partial charge in [-0.25, -0.2) is 8.78 Å². The van der Waals surface area contributed by atoms with E-state index in [4.69, 9.17) is 23.7 Å². The smallest absolute Gasteiger partial charge is 0.204 e. The van der Waals surface area contributed by atoms with Gasteiger partial charge in [0.15, 0.2) is 11.6 Å². The molecule has 4 rings (SSSR count). The van der Waals surface area contributed by atoms with Gasteiger partial charge >= 0.3 is 5.82 Å². The van der Waals surface area contributed by atoms with Crippen molar-refractivity contribution in [3.05, 3.63) is 79.9 Å². The van der Waals surface area contributed by atoms with Crippen LogP contribution in [-0.2, 0) is 0 Å². The van der Waals surface area contributed by atoms with E-state index in [0.717, 1.165) is 22.7 Å². The minimum absolute atomic E-state index is 0.0493. The van der Waals surface area contributed by atoms with Crippen molar-refractivity contribution in [1.29, 1.82) is 10.5 Å². The Balaban J connectivity index is 1.72. The summed E-state index contributed by atoms with van der Waals surface area (Å²) in [5, 5.41) is 17.8. The summed E-state index contributed by atoms with van der Waals surface area (Å²) in [5.74, 6) is -1.08. The molecule has 0 amide bonds. The average Bonchev–Trinajstić information content (AvgIpc) is 3.57. The van der Waals surface area contributed by atoms with Crippen LogP contribution in [0.2, 0.25) is 0 Å². The normalized spacial score (nSPS) is 10.1. The lowest BCUT2D eigenvalue weighted by Crippen LogP contribution is -1.71. The molecule has 32 heavy (non-hydrogen) atoms. The van der Waals surface area contributed by atoms with Crippen LogP contribution in [0.3, 0.4) is 0 Å². The lowest BCUT2D eigenvalue weighted by molar-refractivity contribution is 0.644. The molecule has 4 heterocycles. The molecule has 4 aromatic heterocycles. The van der Waals surface area contributed by atoms with Crippen molar-refractivity contribution in [3.63, 3.8) is 0 Å². The summed E-state index contributed by atoms with van der Waals surface area (Å²) in [7, 11) is 0. The zero-order valence-corrected chi connectivity index (χ0v) is 18.9. The highest BCUT2D eigenvalue weighted by molar-refractivity contribution is 7.33. The summed E-state index contributed by atoms with van der Waals surface area (Å²) in [6, 6.07) is 10.3. The number of fused-ring (bicyclic) bond motifs is 1. The fourth-order valence-corrected chi connectivity index (χ4v) is 7.27. The number of hydrogen-bond donors (Lipinski definition) is 0. The summed E-state index contributed by atoms with van der Waals surface area (Å²) in [6.45, 7) is 13.9. The number of nitrogens with zero attached hydrogens (tertiary/aromatic N) is 4. The molecule has 4 nitrogen and oxygen atoms in total. The largest absolute Gasteiger partial charge is 0.520 e. The molecule has 0 bridgehead atoms. The molecule has 0 fully saturated rings. The topological polar surface area (TPSA) is 56.3 Å². The molecule has 0 N–H and O–H groups in total. The molecular weight excluding hydrogens is 487 g/mol. The lowest BCUT2D eigenvalue weighted by Gasteiger charge is -1.94. The molecule has 0 spiro atoms. The SMILES string of the molecule is [C-]#[N+]C(=Cc1ccc(-c2sc3c(F)c(-c4ccc(C=C(C#N)C#N)s4)sc3c2F)s1)[N+]#[C-]. The third kappa shape index (κ3) is 3.85. The fraction of sp³-hybridized carbons (Fsp3) is 0. The van der Waals surface area contributed by atoms with Gasteiger partial charge in [-0.1, -0.05) is 0 Å². The Hall–Kier alpha value is -3.64. The molecule has 10 heteroatoms. The van der Waals surface area contributed by atoms with E-state index in [2.05, 4.69) is 9.69 Å². The molecule has 0 saturated carbocycles. The van der Waals surface area contributed by atoms with E-state index < -0.39 is 11.6 Å². The van der Waals surface area contributed by atoms with Gasteiger partial charge in [0.05, 0.1) is 19.2 Å².